The Hall–Kier alpha value is -3.79. The van der Waals surface area contributed by atoms with Gasteiger partial charge in [-0.3, -0.25) is 15.1 Å². The molecule has 13 heteroatoms. The van der Waals surface area contributed by atoms with Gasteiger partial charge in [0.25, 0.3) is 5.91 Å². The molecule has 0 aromatic carbocycles. The first kappa shape index (κ1) is 21.9. The van der Waals surface area contributed by atoms with E-state index in [-0.39, 0.29) is 39.4 Å². The Morgan fingerprint density at radius 2 is 1.87 bits per heavy atom. The molecule has 3 aromatic heterocycles. The second-order valence-electron chi connectivity index (χ2n) is 5.76. The summed E-state index contributed by atoms with van der Waals surface area (Å²) in [5.74, 6) is -1.11. The number of amides is 1. The lowest BCUT2D eigenvalue weighted by atomic mass is 10.2. The molecule has 0 saturated carbocycles. The molecule has 0 aliphatic carbocycles. The van der Waals surface area contributed by atoms with Gasteiger partial charge in [-0.15, -0.1) is 0 Å². The first-order valence-electron chi connectivity index (χ1n) is 8.44. The van der Waals surface area contributed by atoms with Crippen molar-refractivity contribution in [3.05, 3.63) is 41.5 Å². The van der Waals surface area contributed by atoms with Crippen LogP contribution in [0.4, 0.5) is 18.3 Å². The molecule has 0 atom stereocenters. The van der Waals surface area contributed by atoms with Crippen molar-refractivity contribution in [3.63, 3.8) is 0 Å². The smallest absolute Gasteiger partial charge is 0.434 e. The van der Waals surface area contributed by atoms with E-state index in [0.717, 1.165) is 6.33 Å². The van der Waals surface area contributed by atoms with Crippen molar-refractivity contribution >= 4 is 22.4 Å². The van der Waals surface area contributed by atoms with Crippen LogP contribution in [0.3, 0.4) is 0 Å². The van der Waals surface area contributed by atoms with Gasteiger partial charge in [0.15, 0.2) is 16.4 Å². The van der Waals surface area contributed by atoms with E-state index in [9.17, 15) is 18.0 Å². The summed E-state index contributed by atoms with van der Waals surface area (Å²) >= 11 is 0.585. The number of nitriles is 1. The maximum atomic E-state index is 13.6. The van der Waals surface area contributed by atoms with Crippen LogP contribution in [-0.2, 0) is 12.6 Å². The van der Waals surface area contributed by atoms with Crippen LogP contribution in [0.5, 0.6) is 11.8 Å². The third-order valence-corrected chi connectivity index (χ3v) is 4.80. The van der Waals surface area contributed by atoms with Gasteiger partial charge in [0.2, 0.25) is 11.8 Å². The van der Waals surface area contributed by atoms with E-state index in [0.29, 0.717) is 17.0 Å². The normalized spacial score (nSPS) is 11.0. The lowest BCUT2D eigenvalue weighted by molar-refractivity contribution is -0.140. The molecule has 0 saturated heterocycles. The molecule has 160 valence electrons. The Labute approximate surface area is 177 Å². The van der Waals surface area contributed by atoms with Crippen molar-refractivity contribution in [1.82, 2.24) is 19.9 Å². The maximum Gasteiger partial charge on any atom is 0.434 e. The van der Waals surface area contributed by atoms with Crippen molar-refractivity contribution in [2.75, 3.05) is 19.5 Å². The largest absolute Gasteiger partial charge is 0.480 e. The number of carbonyl (C=O) groups excluding carboxylic acids is 1. The number of methoxy groups -OCH3 is 2. The van der Waals surface area contributed by atoms with Gasteiger partial charge >= 0.3 is 6.18 Å². The summed E-state index contributed by atoms with van der Waals surface area (Å²) in [6.45, 7) is 0. The summed E-state index contributed by atoms with van der Waals surface area (Å²) in [4.78, 5) is 27.6. The minimum Gasteiger partial charge on any atom is -0.480 e. The monoisotopic (exact) mass is 450 g/mol. The number of rotatable bonds is 6. The van der Waals surface area contributed by atoms with Crippen molar-refractivity contribution in [3.8, 4) is 28.4 Å². The number of hydrogen-bond donors (Lipinski definition) is 1. The van der Waals surface area contributed by atoms with E-state index < -0.39 is 17.8 Å². The molecule has 3 aromatic rings. The lowest BCUT2D eigenvalue weighted by Gasteiger charge is -2.09. The van der Waals surface area contributed by atoms with Gasteiger partial charge in [-0.05, 0) is 12.1 Å². The predicted octanol–water partition coefficient (Wildman–Crippen LogP) is 3.35. The van der Waals surface area contributed by atoms with Gasteiger partial charge in [-0.1, -0.05) is 17.4 Å². The van der Waals surface area contributed by atoms with Crippen LogP contribution in [0.25, 0.3) is 10.6 Å². The fourth-order valence-corrected chi connectivity index (χ4v) is 3.49. The summed E-state index contributed by atoms with van der Waals surface area (Å²) in [6, 6.07) is 6.27. The number of hydrogen-bond acceptors (Lipinski definition) is 9. The number of nitrogens with one attached hydrogen (secondary N) is 1. The minimum atomic E-state index is -4.80. The molecule has 3 heterocycles. The zero-order valence-corrected chi connectivity index (χ0v) is 16.8. The second-order valence-corrected chi connectivity index (χ2v) is 6.76. The van der Waals surface area contributed by atoms with Gasteiger partial charge < -0.3 is 9.47 Å². The minimum absolute atomic E-state index is 0.0173. The van der Waals surface area contributed by atoms with Crippen LogP contribution in [-0.4, -0.2) is 40.1 Å². The van der Waals surface area contributed by atoms with Crippen LogP contribution in [0.2, 0.25) is 0 Å². The molecule has 0 aliphatic rings. The highest BCUT2D eigenvalue weighted by Crippen LogP contribution is 2.41. The molecular formula is C18H13F3N6O3S. The average molecular weight is 450 g/mol. The Balaban J connectivity index is 2.02. The quantitative estimate of drug-likeness (QED) is 0.607. The van der Waals surface area contributed by atoms with Gasteiger partial charge in [-0.25, -0.2) is 15.0 Å². The van der Waals surface area contributed by atoms with Crippen LogP contribution < -0.4 is 14.8 Å². The molecule has 31 heavy (non-hydrogen) atoms. The highest BCUT2D eigenvalue weighted by molar-refractivity contribution is 7.19. The molecule has 0 unspecified atom stereocenters. The average Bonchev–Trinajstić information content (AvgIpc) is 3.18. The molecule has 0 fully saturated rings. The summed E-state index contributed by atoms with van der Waals surface area (Å²) in [7, 11) is 2.53. The third kappa shape index (κ3) is 4.69. The molecule has 1 amide bonds. The zero-order chi connectivity index (χ0) is 22.6. The Kier molecular flexibility index (Phi) is 6.30. The van der Waals surface area contributed by atoms with Gasteiger partial charge in [0.1, 0.15) is 6.33 Å². The van der Waals surface area contributed by atoms with E-state index in [2.05, 4.69) is 25.3 Å². The number of halogens is 3. The first-order chi connectivity index (χ1) is 14.8. The predicted molar refractivity (Wildman–Crippen MR) is 103 cm³/mol. The van der Waals surface area contributed by atoms with Crippen molar-refractivity contribution < 1.29 is 27.4 Å². The van der Waals surface area contributed by atoms with Crippen LogP contribution in [0, 0.1) is 11.3 Å². The van der Waals surface area contributed by atoms with Gasteiger partial charge in [0, 0.05) is 0 Å². The summed E-state index contributed by atoms with van der Waals surface area (Å²) in [6.07, 6.45) is -3.75. The number of pyridine rings is 1. The zero-order valence-electron chi connectivity index (χ0n) is 16.0. The fourth-order valence-electron chi connectivity index (χ4n) is 2.54. The number of alkyl halides is 3. The maximum absolute atomic E-state index is 13.6. The third-order valence-electron chi connectivity index (χ3n) is 3.81. The Morgan fingerprint density at radius 1 is 1.19 bits per heavy atom. The van der Waals surface area contributed by atoms with E-state index >= 15 is 0 Å². The molecule has 9 nitrogen and oxygen atoms in total. The van der Waals surface area contributed by atoms with Crippen LogP contribution >= 0.6 is 11.3 Å². The van der Waals surface area contributed by atoms with Crippen molar-refractivity contribution in [1.29, 1.82) is 5.26 Å². The highest BCUT2D eigenvalue weighted by atomic mass is 32.1. The van der Waals surface area contributed by atoms with E-state index in [4.69, 9.17) is 14.7 Å². The van der Waals surface area contributed by atoms with Crippen molar-refractivity contribution in [2.45, 2.75) is 12.6 Å². The standard InChI is InChI=1S/C18H13F3N6O3S/c1-29-15-11(16(30-2)24-8-23-15)14(28)27-17-26-13(18(19,20)21)12(31-17)10-5-3-4-9(25-10)6-7-22/h3-5,8H,6H2,1-2H3,(H,26,27,28). The summed E-state index contributed by atoms with van der Waals surface area (Å²) in [5, 5.41) is 10.8. The molecular weight excluding hydrogens is 437 g/mol. The number of thiazole rings is 1. The number of ether oxygens (including phenoxy) is 2. The number of carbonyl (C=O) groups is 1. The molecule has 0 aliphatic heterocycles. The molecule has 0 radical (unpaired) electrons. The molecule has 3 rings (SSSR count). The molecule has 0 spiro atoms. The number of aromatic nitrogens is 4. The summed E-state index contributed by atoms with van der Waals surface area (Å²) in [5.41, 5.74) is -1.12. The SMILES string of the molecule is COc1ncnc(OC)c1C(=O)Nc1nc(C(F)(F)F)c(-c2cccc(CC#N)n2)s1. The molecule has 1 N–H and O–H groups in total. The van der Waals surface area contributed by atoms with Gasteiger partial charge in [0.05, 0.1) is 43.0 Å². The van der Waals surface area contributed by atoms with E-state index in [1.54, 1.807) is 0 Å². The molecule has 0 bridgehead atoms. The fraction of sp³-hybridized carbons (Fsp3) is 0.222. The van der Waals surface area contributed by atoms with Crippen LogP contribution in [0.1, 0.15) is 21.7 Å². The Bertz CT molecular complexity index is 1140. The second kappa shape index (κ2) is 8.92. The topological polar surface area (TPSA) is 123 Å². The van der Waals surface area contributed by atoms with Gasteiger partial charge in [-0.2, -0.15) is 18.4 Å². The van der Waals surface area contributed by atoms with Crippen molar-refractivity contribution in [2.24, 2.45) is 0 Å². The van der Waals surface area contributed by atoms with E-state index in [1.807, 2.05) is 6.07 Å². The highest BCUT2D eigenvalue weighted by Gasteiger charge is 2.39. The van der Waals surface area contributed by atoms with E-state index in [1.165, 1.54) is 32.4 Å². The Morgan fingerprint density at radius 3 is 2.45 bits per heavy atom. The number of nitrogens with zero attached hydrogens (tertiary/aromatic N) is 5. The van der Waals surface area contributed by atoms with Crippen LogP contribution in [0.15, 0.2) is 24.5 Å². The lowest BCUT2D eigenvalue weighted by Crippen LogP contribution is -2.16. The summed E-state index contributed by atoms with van der Waals surface area (Å²) < 4.78 is 50.8. The number of anilines is 1. The first-order valence-corrected chi connectivity index (χ1v) is 9.25.